The summed E-state index contributed by atoms with van der Waals surface area (Å²) in [7, 11) is 0. The van der Waals surface area contributed by atoms with Gasteiger partial charge in [-0.3, -0.25) is 4.79 Å². The monoisotopic (exact) mass is 366 g/mol. The third-order valence-electron chi connectivity index (χ3n) is 3.78. The molecular weight excluding hydrogens is 347 g/mol. The molecule has 0 bridgehead atoms. The molecule has 2 atom stereocenters. The predicted molar refractivity (Wildman–Crippen MR) is 74.4 cm³/mol. The van der Waals surface area contributed by atoms with E-state index in [-0.39, 0.29) is 9.89 Å². The Labute approximate surface area is 121 Å². The molecule has 2 rings (SSSR count). The summed E-state index contributed by atoms with van der Waals surface area (Å²) in [6.07, 6.45) is 3.80. The standard InChI is InChI=1S/C13H19IO4/c1-13(2)7-17-12(16)10(13)18-11(15)9(14)8-5-3-4-6-8/h8-10H,3-7H2,1-2H3/t9-,10-/m0/s1. The van der Waals surface area contributed by atoms with Crippen molar-refractivity contribution in [3.8, 4) is 0 Å². The quantitative estimate of drug-likeness (QED) is 0.438. The molecule has 1 saturated carbocycles. The van der Waals surface area contributed by atoms with Crippen molar-refractivity contribution < 1.29 is 19.1 Å². The molecule has 2 aliphatic rings. The number of hydrogen-bond donors (Lipinski definition) is 0. The highest BCUT2D eigenvalue weighted by Gasteiger charge is 2.47. The van der Waals surface area contributed by atoms with E-state index in [1.165, 1.54) is 12.8 Å². The first-order valence-corrected chi connectivity index (χ1v) is 7.67. The SMILES string of the molecule is CC1(C)COC(=O)[C@@H]1OC(=O)[C@@H](I)C1CCCC1. The molecule has 0 aromatic rings. The summed E-state index contributed by atoms with van der Waals surface area (Å²) >= 11 is 2.15. The second kappa shape index (κ2) is 5.35. The number of esters is 2. The molecule has 1 heterocycles. The summed E-state index contributed by atoms with van der Waals surface area (Å²) in [5.74, 6) is -0.276. The molecule has 18 heavy (non-hydrogen) atoms. The zero-order chi connectivity index (χ0) is 13.3. The van der Waals surface area contributed by atoms with E-state index in [0.717, 1.165) is 12.8 Å². The van der Waals surface area contributed by atoms with Gasteiger partial charge in [-0.05, 0) is 18.8 Å². The van der Waals surface area contributed by atoms with Crippen LogP contribution in [-0.4, -0.2) is 28.6 Å². The maximum atomic E-state index is 12.1. The molecule has 2 fully saturated rings. The van der Waals surface area contributed by atoms with Gasteiger partial charge in [-0.15, -0.1) is 0 Å². The Morgan fingerprint density at radius 3 is 2.56 bits per heavy atom. The molecule has 1 aliphatic carbocycles. The summed E-state index contributed by atoms with van der Waals surface area (Å²) in [5.41, 5.74) is -0.418. The number of halogens is 1. The third kappa shape index (κ3) is 2.81. The Morgan fingerprint density at radius 1 is 1.44 bits per heavy atom. The number of carbonyl (C=O) groups is 2. The molecular formula is C13H19IO4. The summed E-state index contributed by atoms with van der Waals surface area (Å²) in [5, 5.41) is 0. The molecule has 0 spiro atoms. The normalized spacial score (nSPS) is 29.1. The van der Waals surface area contributed by atoms with Crippen molar-refractivity contribution in [2.45, 2.75) is 49.6 Å². The Bertz CT molecular complexity index is 347. The fourth-order valence-electron chi connectivity index (χ4n) is 2.56. The van der Waals surface area contributed by atoms with Crippen LogP contribution in [0.1, 0.15) is 39.5 Å². The van der Waals surface area contributed by atoms with E-state index >= 15 is 0 Å². The van der Waals surface area contributed by atoms with Crippen molar-refractivity contribution in [2.24, 2.45) is 11.3 Å². The lowest BCUT2D eigenvalue weighted by atomic mass is 9.90. The fourth-order valence-corrected chi connectivity index (χ4v) is 3.42. The number of ether oxygens (including phenoxy) is 2. The van der Waals surface area contributed by atoms with Crippen LogP contribution in [0.3, 0.4) is 0 Å². The lowest BCUT2D eigenvalue weighted by molar-refractivity contribution is -0.162. The number of alkyl halides is 1. The van der Waals surface area contributed by atoms with Gasteiger partial charge in [0.25, 0.3) is 0 Å². The minimum atomic E-state index is -0.747. The molecule has 4 nitrogen and oxygen atoms in total. The van der Waals surface area contributed by atoms with Crippen LogP contribution < -0.4 is 0 Å². The van der Waals surface area contributed by atoms with Crippen molar-refractivity contribution in [3.63, 3.8) is 0 Å². The second-order valence-corrected chi connectivity index (χ2v) is 7.20. The van der Waals surface area contributed by atoms with Crippen molar-refractivity contribution in [3.05, 3.63) is 0 Å². The molecule has 0 N–H and O–H groups in total. The van der Waals surface area contributed by atoms with Gasteiger partial charge in [0.1, 0.15) is 10.5 Å². The van der Waals surface area contributed by atoms with Gasteiger partial charge in [0.05, 0.1) is 0 Å². The molecule has 1 saturated heterocycles. The molecule has 0 unspecified atom stereocenters. The molecule has 5 heteroatoms. The number of hydrogen-bond acceptors (Lipinski definition) is 4. The van der Waals surface area contributed by atoms with Crippen LogP contribution in [0.25, 0.3) is 0 Å². The predicted octanol–water partition coefficient (Wildman–Crippen LogP) is 2.48. The first kappa shape index (κ1) is 14.1. The first-order chi connectivity index (χ1) is 8.42. The van der Waals surface area contributed by atoms with Gasteiger partial charge >= 0.3 is 11.9 Å². The van der Waals surface area contributed by atoms with E-state index in [1.54, 1.807) is 0 Å². The van der Waals surface area contributed by atoms with E-state index < -0.39 is 17.5 Å². The molecule has 1 aliphatic heterocycles. The average Bonchev–Trinajstić information content (AvgIpc) is 2.92. The second-order valence-electron chi connectivity index (χ2n) is 5.86. The van der Waals surface area contributed by atoms with Crippen LogP contribution in [-0.2, 0) is 19.1 Å². The van der Waals surface area contributed by atoms with Crippen LogP contribution in [0, 0.1) is 11.3 Å². The minimum Gasteiger partial charge on any atom is -0.462 e. The van der Waals surface area contributed by atoms with Crippen molar-refractivity contribution >= 4 is 34.5 Å². The molecule has 0 radical (unpaired) electrons. The molecule has 102 valence electrons. The maximum Gasteiger partial charge on any atom is 0.348 e. The highest BCUT2D eigenvalue weighted by molar-refractivity contribution is 14.1. The largest absolute Gasteiger partial charge is 0.462 e. The van der Waals surface area contributed by atoms with Crippen molar-refractivity contribution in [2.75, 3.05) is 6.61 Å². The van der Waals surface area contributed by atoms with Gasteiger partial charge in [-0.25, -0.2) is 4.79 Å². The number of cyclic esters (lactones) is 1. The summed E-state index contributed by atoms with van der Waals surface area (Å²) < 4.78 is 10.2. The smallest absolute Gasteiger partial charge is 0.348 e. The lowest BCUT2D eigenvalue weighted by Gasteiger charge is -2.24. The highest BCUT2D eigenvalue weighted by atomic mass is 127. The lowest BCUT2D eigenvalue weighted by Crippen LogP contribution is -2.38. The summed E-state index contributed by atoms with van der Waals surface area (Å²) in [6, 6.07) is 0. The topological polar surface area (TPSA) is 52.6 Å². The van der Waals surface area contributed by atoms with E-state index in [9.17, 15) is 9.59 Å². The van der Waals surface area contributed by atoms with Crippen LogP contribution >= 0.6 is 22.6 Å². The van der Waals surface area contributed by atoms with Crippen molar-refractivity contribution in [1.82, 2.24) is 0 Å². The average molecular weight is 366 g/mol. The van der Waals surface area contributed by atoms with E-state index in [0.29, 0.717) is 12.5 Å². The van der Waals surface area contributed by atoms with Gasteiger partial charge in [-0.2, -0.15) is 0 Å². The van der Waals surface area contributed by atoms with Crippen LogP contribution in [0.2, 0.25) is 0 Å². The van der Waals surface area contributed by atoms with Gasteiger partial charge in [-0.1, -0.05) is 49.3 Å². The minimum absolute atomic E-state index is 0.144. The van der Waals surface area contributed by atoms with Gasteiger partial charge < -0.3 is 9.47 Å². The zero-order valence-corrected chi connectivity index (χ0v) is 12.9. The Morgan fingerprint density at radius 2 is 2.06 bits per heavy atom. The Hall–Kier alpha value is -0.330. The van der Waals surface area contributed by atoms with Crippen LogP contribution in [0.4, 0.5) is 0 Å². The first-order valence-electron chi connectivity index (χ1n) is 6.43. The Balaban J connectivity index is 1.96. The number of rotatable bonds is 3. The van der Waals surface area contributed by atoms with E-state index in [1.807, 2.05) is 13.8 Å². The Kier molecular flexibility index (Phi) is 4.18. The molecule has 0 amide bonds. The van der Waals surface area contributed by atoms with Gasteiger partial charge in [0.15, 0.2) is 0 Å². The summed E-state index contributed by atoms with van der Waals surface area (Å²) in [6.45, 7) is 4.08. The zero-order valence-electron chi connectivity index (χ0n) is 10.8. The maximum absolute atomic E-state index is 12.1. The fraction of sp³-hybridized carbons (Fsp3) is 0.846. The summed E-state index contributed by atoms with van der Waals surface area (Å²) in [4.78, 5) is 23.6. The van der Waals surface area contributed by atoms with Gasteiger partial charge in [0, 0.05) is 5.41 Å². The van der Waals surface area contributed by atoms with Crippen LogP contribution in [0.15, 0.2) is 0 Å². The van der Waals surface area contributed by atoms with Crippen LogP contribution in [0.5, 0.6) is 0 Å². The number of carbonyl (C=O) groups excluding carboxylic acids is 2. The van der Waals surface area contributed by atoms with Crippen molar-refractivity contribution in [1.29, 1.82) is 0 Å². The van der Waals surface area contributed by atoms with Gasteiger partial charge in [0.2, 0.25) is 6.10 Å². The molecule has 0 aromatic heterocycles. The third-order valence-corrected chi connectivity index (χ3v) is 5.31. The van der Waals surface area contributed by atoms with E-state index in [2.05, 4.69) is 22.6 Å². The highest BCUT2D eigenvalue weighted by Crippen LogP contribution is 2.35. The van der Waals surface area contributed by atoms with E-state index in [4.69, 9.17) is 9.47 Å². The molecule has 0 aromatic carbocycles.